The first-order valence-corrected chi connectivity index (χ1v) is 8.10. The summed E-state index contributed by atoms with van der Waals surface area (Å²) in [4.78, 5) is 28.1. The van der Waals surface area contributed by atoms with E-state index in [2.05, 4.69) is 15.4 Å². The van der Waals surface area contributed by atoms with Gasteiger partial charge in [-0.2, -0.15) is 0 Å². The summed E-state index contributed by atoms with van der Waals surface area (Å²) in [6, 6.07) is 0. The number of hydrogen-bond acceptors (Lipinski definition) is 6. The molecule has 10 heteroatoms. The molecule has 1 unspecified atom stereocenters. The number of carbonyl (C=O) groups excluding carboxylic acids is 1. The SMILES string of the molecule is C=C(C)C(=O)OCCCP(=O)(OC)OP(=O)(O)O. The lowest BCUT2D eigenvalue weighted by molar-refractivity contribution is -0.138. The van der Waals surface area contributed by atoms with Gasteiger partial charge in [0.05, 0.1) is 12.8 Å². The van der Waals surface area contributed by atoms with Gasteiger partial charge < -0.3 is 19.0 Å². The quantitative estimate of drug-likeness (QED) is 0.299. The maximum Gasteiger partial charge on any atom is 0.476 e. The van der Waals surface area contributed by atoms with Crippen LogP contribution in [-0.4, -0.2) is 35.6 Å². The molecule has 2 N–H and O–H groups in total. The highest BCUT2D eigenvalue weighted by atomic mass is 31.3. The zero-order valence-electron chi connectivity index (χ0n) is 10.1. The standard InChI is InChI=1S/C8H16O8P2/c1-7(2)8(9)15-5-4-6-17(10,14-3)16-18(11,12)13/h1,4-6H2,2-3H3,(H2,11,12,13). The molecule has 0 aliphatic carbocycles. The van der Waals surface area contributed by atoms with Crippen molar-refractivity contribution in [1.29, 1.82) is 0 Å². The molecule has 8 nitrogen and oxygen atoms in total. The van der Waals surface area contributed by atoms with E-state index in [1.165, 1.54) is 6.92 Å². The van der Waals surface area contributed by atoms with E-state index in [9.17, 15) is 13.9 Å². The second-order valence-electron chi connectivity index (χ2n) is 3.36. The van der Waals surface area contributed by atoms with Gasteiger partial charge in [0.1, 0.15) is 0 Å². The fraction of sp³-hybridized carbons (Fsp3) is 0.625. The molecule has 0 spiro atoms. The van der Waals surface area contributed by atoms with Gasteiger partial charge in [-0.05, 0) is 13.3 Å². The third-order valence-electron chi connectivity index (χ3n) is 1.67. The predicted octanol–water partition coefficient (Wildman–Crippen LogP) is 1.44. The summed E-state index contributed by atoms with van der Waals surface area (Å²) in [7, 11) is -7.77. The maximum absolute atomic E-state index is 11.7. The van der Waals surface area contributed by atoms with Crippen molar-refractivity contribution in [1.82, 2.24) is 0 Å². The Hall–Kier alpha value is -0.490. The molecular formula is C8H16O8P2. The van der Waals surface area contributed by atoms with Crippen LogP contribution in [0.3, 0.4) is 0 Å². The number of hydrogen-bond donors (Lipinski definition) is 2. The second-order valence-corrected chi connectivity index (χ2v) is 7.03. The van der Waals surface area contributed by atoms with E-state index in [4.69, 9.17) is 14.5 Å². The molecule has 1 atom stereocenters. The van der Waals surface area contributed by atoms with Crippen molar-refractivity contribution in [3.05, 3.63) is 12.2 Å². The molecule has 0 bridgehead atoms. The summed E-state index contributed by atoms with van der Waals surface area (Å²) in [6.07, 6.45) is -0.206. The van der Waals surface area contributed by atoms with Crippen molar-refractivity contribution in [3.63, 3.8) is 0 Å². The molecule has 0 aliphatic rings. The van der Waals surface area contributed by atoms with Gasteiger partial charge in [-0.1, -0.05) is 6.58 Å². The zero-order valence-corrected chi connectivity index (χ0v) is 11.9. The predicted molar refractivity (Wildman–Crippen MR) is 63.0 cm³/mol. The van der Waals surface area contributed by atoms with Crippen LogP contribution in [-0.2, 0) is 27.5 Å². The van der Waals surface area contributed by atoms with E-state index in [0.717, 1.165) is 7.11 Å². The van der Waals surface area contributed by atoms with Crippen LogP contribution < -0.4 is 0 Å². The highest BCUT2D eigenvalue weighted by molar-refractivity contribution is 7.64. The summed E-state index contributed by atoms with van der Waals surface area (Å²) in [5, 5.41) is 0. The molecule has 0 fully saturated rings. The van der Waals surface area contributed by atoms with Gasteiger partial charge in [0.2, 0.25) is 0 Å². The van der Waals surface area contributed by atoms with E-state index in [1.807, 2.05) is 0 Å². The third-order valence-corrected chi connectivity index (χ3v) is 4.93. The van der Waals surface area contributed by atoms with Crippen molar-refractivity contribution in [2.45, 2.75) is 13.3 Å². The van der Waals surface area contributed by atoms with E-state index >= 15 is 0 Å². The van der Waals surface area contributed by atoms with Crippen LogP contribution in [0.5, 0.6) is 0 Å². The van der Waals surface area contributed by atoms with Crippen LogP contribution in [0.1, 0.15) is 13.3 Å². The Morgan fingerprint density at radius 2 is 1.89 bits per heavy atom. The molecule has 0 aromatic carbocycles. The van der Waals surface area contributed by atoms with Crippen LogP contribution >= 0.6 is 15.4 Å². The topological polar surface area (TPSA) is 119 Å². The summed E-state index contributed by atoms with van der Waals surface area (Å²) < 4.78 is 35.5. The van der Waals surface area contributed by atoms with Gasteiger partial charge in [0.15, 0.2) is 0 Å². The molecule has 0 heterocycles. The van der Waals surface area contributed by atoms with Gasteiger partial charge in [0, 0.05) is 12.7 Å². The average molecular weight is 302 g/mol. The number of ether oxygens (including phenoxy) is 1. The molecule has 0 rings (SSSR count). The van der Waals surface area contributed by atoms with Crippen LogP contribution in [0, 0.1) is 0 Å². The third kappa shape index (κ3) is 7.76. The van der Waals surface area contributed by atoms with Gasteiger partial charge in [-0.15, -0.1) is 0 Å². The number of rotatable bonds is 8. The highest BCUT2D eigenvalue weighted by Crippen LogP contribution is 2.60. The molecular weight excluding hydrogens is 286 g/mol. The van der Waals surface area contributed by atoms with Crippen LogP contribution in [0.15, 0.2) is 12.2 Å². The Morgan fingerprint density at radius 1 is 1.33 bits per heavy atom. The monoisotopic (exact) mass is 302 g/mol. The normalized spacial score (nSPS) is 14.9. The van der Waals surface area contributed by atoms with E-state index in [1.54, 1.807) is 0 Å². The van der Waals surface area contributed by atoms with Crippen molar-refractivity contribution < 1.29 is 37.3 Å². The number of esters is 1. The molecule has 0 amide bonds. The van der Waals surface area contributed by atoms with E-state index < -0.39 is 21.4 Å². The van der Waals surface area contributed by atoms with Gasteiger partial charge >= 0.3 is 21.4 Å². The van der Waals surface area contributed by atoms with Crippen molar-refractivity contribution >= 4 is 21.4 Å². The minimum atomic E-state index is -4.90. The first-order chi connectivity index (χ1) is 8.09. The highest BCUT2D eigenvalue weighted by Gasteiger charge is 2.32. The first-order valence-electron chi connectivity index (χ1n) is 4.84. The van der Waals surface area contributed by atoms with Gasteiger partial charge in [-0.25, -0.2) is 13.7 Å². The second kappa shape index (κ2) is 7.19. The fourth-order valence-electron chi connectivity index (χ4n) is 0.874. The average Bonchev–Trinajstić information content (AvgIpc) is 2.21. The molecule has 106 valence electrons. The summed E-state index contributed by atoms with van der Waals surface area (Å²) in [5.74, 6) is -0.599. The Balaban J connectivity index is 4.17. The minimum Gasteiger partial charge on any atom is -0.462 e. The van der Waals surface area contributed by atoms with Gasteiger partial charge in [0.25, 0.3) is 0 Å². The Labute approximate surface area is 105 Å². The largest absolute Gasteiger partial charge is 0.476 e. The lowest BCUT2D eigenvalue weighted by Gasteiger charge is -2.16. The van der Waals surface area contributed by atoms with Crippen LogP contribution in [0.25, 0.3) is 0 Å². The van der Waals surface area contributed by atoms with Crippen LogP contribution in [0.4, 0.5) is 0 Å². The first kappa shape index (κ1) is 17.5. The smallest absolute Gasteiger partial charge is 0.462 e. The molecule has 0 aromatic rings. The lowest BCUT2D eigenvalue weighted by atomic mass is 10.4. The molecule has 0 saturated carbocycles. The fourth-order valence-corrected chi connectivity index (χ4v) is 3.46. The summed E-state index contributed by atoms with van der Waals surface area (Å²) in [5.41, 5.74) is 0.219. The van der Waals surface area contributed by atoms with Gasteiger partial charge in [-0.3, -0.25) is 4.57 Å². The lowest BCUT2D eigenvalue weighted by Crippen LogP contribution is -2.08. The number of phosphoric acid groups is 1. The molecule has 0 radical (unpaired) electrons. The summed E-state index contributed by atoms with van der Waals surface area (Å²) >= 11 is 0. The molecule has 0 saturated heterocycles. The summed E-state index contributed by atoms with van der Waals surface area (Å²) in [6.45, 7) is 4.76. The van der Waals surface area contributed by atoms with E-state index in [0.29, 0.717) is 0 Å². The van der Waals surface area contributed by atoms with E-state index in [-0.39, 0.29) is 24.8 Å². The zero-order chi connectivity index (χ0) is 14.4. The van der Waals surface area contributed by atoms with Crippen molar-refractivity contribution in [2.75, 3.05) is 19.9 Å². The van der Waals surface area contributed by atoms with Crippen molar-refractivity contribution in [3.8, 4) is 0 Å². The van der Waals surface area contributed by atoms with Crippen molar-refractivity contribution in [2.24, 2.45) is 0 Å². The maximum atomic E-state index is 11.7. The molecule has 18 heavy (non-hydrogen) atoms. The molecule has 0 aromatic heterocycles. The Kier molecular flexibility index (Phi) is 6.99. The van der Waals surface area contributed by atoms with Crippen LogP contribution in [0.2, 0.25) is 0 Å². The number of carbonyl (C=O) groups is 1. The Bertz CT molecular complexity index is 398. The Morgan fingerprint density at radius 3 is 2.28 bits per heavy atom. The molecule has 0 aliphatic heterocycles. The minimum absolute atomic E-state index is 0.0735.